The van der Waals surface area contributed by atoms with Gasteiger partial charge >= 0.3 is 6.09 Å². The van der Waals surface area contributed by atoms with Gasteiger partial charge < -0.3 is 29.5 Å². The molecule has 2 N–H and O–H groups in total. The lowest BCUT2D eigenvalue weighted by atomic mass is 9.70. The van der Waals surface area contributed by atoms with Crippen molar-refractivity contribution in [2.24, 2.45) is 11.8 Å². The quantitative estimate of drug-likeness (QED) is 0.399. The fourth-order valence-corrected chi connectivity index (χ4v) is 8.32. The van der Waals surface area contributed by atoms with E-state index >= 15 is 0 Å². The number of carbonyl (C=O) groups is 3. The van der Waals surface area contributed by atoms with Gasteiger partial charge in [-0.3, -0.25) is 14.5 Å². The number of hydrogen-bond acceptors (Lipinski definition) is 7. The van der Waals surface area contributed by atoms with Crippen LogP contribution in [0.1, 0.15) is 49.4 Å². The van der Waals surface area contributed by atoms with E-state index < -0.39 is 35.2 Å². The van der Waals surface area contributed by atoms with Crippen molar-refractivity contribution in [2.45, 2.75) is 70.1 Å². The van der Waals surface area contributed by atoms with E-state index in [0.717, 1.165) is 16.7 Å². The Morgan fingerprint density at radius 3 is 2.43 bits per heavy atom. The number of hydrogen-bond donors (Lipinski definition) is 2. The van der Waals surface area contributed by atoms with Crippen molar-refractivity contribution in [2.75, 3.05) is 29.6 Å². The maximum absolute atomic E-state index is 14.8. The van der Waals surface area contributed by atoms with Gasteiger partial charge in [-0.05, 0) is 55.2 Å². The van der Waals surface area contributed by atoms with E-state index in [2.05, 4.69) is 0 Å². The first-order valence-electron chi connectivity index (χ1n) is 16.3. The third-order valence-corrected chi connectivity index (χ3v) is 10.5. The first kappa shape index (κ1) is 31.4. The van der Waals surface area contributed by atoms with E-state index in [1.165, 1.54) is 4.90 Å². The lowest BCUT2D eigenvalue weighted by Crippen LogP contribution is -2.48. The number of anilines is 2. The summed E-state index contributed by atoms with van der Waals surface area (Å²) in [5.41, 5.74) is 2.13. The lowest BCUT2D eigenvalue weighted by Gasteiger charge is -2.38. The topological polar surface area (TPSA) is 120 Å². The van der Waals surface area contributed by atoms with Crippen molar-refractivity contribution in [3.63, 3.8) is 0 Å². The van der Waals surface area contributed by atoms with Gasteiger partial charge in [0.15, 0.2) is 5.60 Å². The van der Waals surface area contributed by atoms with Crippen LogP contribution in [0, 0.1) is 11.8 Å². The van der Waals surface area contributed by atoms with Crippen molar-refractivity contribution in [1.29, 1.82) is 0 Å². The van der Waals surface area contributed by atoms with Gasteiger partial charge in [0, 0.05) is 29.6 Å². The van der Waals surface area contributed by atoms with E-state index in [1.807, 2.05) is 79.7 Å². The normalized spacial score (nSPS) is 27.0. The summed E-state index contributed by atoms with van der Waals surface area (Å²) in [5.74, 6) is -1.61. The first-order chi connectivity index (χ1) is 22.5. The molecule has 2 fully saturated rings. The molecular weight excluding hydrogens is 598 g/mol. The molecule has 7 rings (SSSR count). The number of benzene rings is 3. The number of cyclic esters (lactones) is 1. The Balaban J connectivity index is 1.28. The Morgan fingerprint density at radius 2 is 1.74 bits per heavy atom. The summed E-state index contributed by atoms with van der Waals surface area (Å²) in [6, 6.07) is 22.7. The molecule has 5 atom stereocenters. The summed E-state index contributed by atoms with van der Waals surface area (Å²) in [6.45, 7) is 6.44. The van der Waals surface area contributed by atoms with Crippen molar-refractivity contribution in [1.82, 2.24) is 4.90 Å². The van der Waals surface area contributed by atoms with Gasteiger partial charge in [0.2, 0.25) is 5.91 Å². The fourth-order valence-electron chi connectivity index (χ4n) is 8.32. The highest BCUT2D eigenvalue weighted by atomic mass is 16.6. The molecule has 3 aromatic rings. The maximum atomic E-state index is 14.8. The van der Waals surface area contributed by atoms with Crippen LogP contribution in [-0.4, -0.2) is 70.5 Å². The van der Waals surface area contributed by atoms with Crippen molar-refractivity contribution >= 4 is 29.3 Å². The lowest BCUT2D eigenvalue weighted by molar-refractivity contribution is -0.151. The number of aliphatic hydroxyl groups excluding tert-OH is 1. The Labute approximate surface area is 274 Å². The number of aliphatic hydroxyl groups is 2. The van der Waals surface area contributed by atoms with Crippen LogP contribution in [0.3, 0.4) is 0 Å². The molecule has 3 aromatic carbocycles. The van der Waals surface area contributed by atoms with Crippen LogP contribution < -0.4 is 9.80 Å². The highest BCUT2D eigenvalue weighted by molar-refractivity contribution is 6.08. The molecule has 0 aromatic heterocycles. The van der Waals surface area contributed by atoms with E-state index in [-0.39, 0.29) is 37.5 Å². The molecular formula is C37H41N3O7. The molecule has 47 heavy (non-hydrogen) atoms. The monoisotopic (exact) mass is 639 g/mol. The van der Waals surface area contributed by atoms with Gasteiger partial charge in [-0.15, -0.1) is 0 Å². The zero-order valence-electron chi connectivity index (χ0n) is 27.0. The molecule has 10 nitrogen and oxygen atoms in total. The molecule has 10 heteroatoms. The largest absolute Gasteiger partial charge is 0.447 e. The highest BCUT2D eigenvalue weighted by Crippen LogP contribution is 2.58. The van der Waals surface area contributed by atoms with Crippen LogP contribution in [0.5, 0.6) is 0 Å². The van der Waals surface area contributed by atoms with Crippen LogP contribution in [0.25, 0.3) is 0 Å². The first-order valence-corrected chi connectivity index (χ1v) is 16.3. The molecule has 4 heterocycles. The van der Waals surface area contributed by atoms with Crippen molar-refractivity contribution < 1.29 is 34.1 Å². The number of fused-ring (bicyclic) bond motifs is 3. The average molecular weight is 640 g/mol. The minimum atomic E-state index is -1.51. The van der Waals surface area contributed by atoms with Gasteiger partial charge in [0.25, 0.3) is 5.91 Å². The van der Waals surface area contributed by atoms with Crippen LogP contribution in [-0.2, 0) is 44.2 Å². The molecule has 0 radical (unpaired) electrons. The summed E-state index contributed by atoms with van der Waals surface area (Å²) >= 11 is 0. The second kappa shape index (κ2) is 11.8. The summed E-state index contributed by atoms with van der Waals surface area (Å²) in [4.78, 5) is 46.4. The van der Waals surface area contributed by atoms with E-state index in [4.69, 9.17) is 9.47 Å². The number of carbonyl (C=O) groups excluding carboxylic acids is 3. The summed E-state index contributed by atoms with van der Waals surface area (Å²) in [6.07, 6.45) is -0.785. The molecule has 0 aliphatic carbocycles. The number of rotatable bonds is 7. The molecule has 246 valence electrons. The van der Waals surface area contributed by atoms with Crippen LogP contribution in [0.2, 0.25) is 0 Å². The van der Waals surface area contributed by atoms with Crippen LogP contribution in [0.15, 0.2) is 72.8 Å². The van der Waals surface area contributed by atoms with Gasteiger partial charge in [-0.25, -0.2) is 4.79 Å². The summed E-state index contributed by atoms with van der Waals surface area (Å²) in [7, 11) is 0. The predicted octanol–water partition coefficient (Wildman–Crippen LogP) is 4.14. The van der Waals surface area contributed by atoms with Gasteiger partial charge in [0.05, 0.1) is 49.6 Å². The molecule has 0 bridgehead atoms. The number of ether oxygens (including phenoxy) is 2. The molecule has 1 spiro atoms. The third-order valence-electron chi connectivity index (χ3n) is 10.5. The zero-order chi connectivity index (χ0) is 33.1. The summed E-state index contributed by atoms with van der Waals surface area (Å²) in [5, 5.41) is 21.9. The summed E-state index contributed by atoms with van der Waals surface area (Å²) < 4.78 is 12.1. The molecule has 3 amide bonds. The van der Waals surface area contributed by atoms with Crippen molar-refractivity contribution in [3.8, 4) is 0 Å². The van der Waals surface area contributed by atoms with E-state index in [1.54, 1.807) is 23.6 Å². The molecule has 0 saturated carbocycles. The number of nitrogens with zero attached hydrogens (tertiary/aromatic N) is 3. The molecule has 0 unspecified atom stereocenters. The highest BCUT2D eigenvalue weighted by Gasteiger charge is 2.66. The van der Waals surface area contributed by atoms with E-state index in [9.17, 15) is 24.6 Å². The van der Waals surface area contributed by atoms with E-state index in [0.29, 0.717) is 43.0 Å². The zero-order valence-corrected chi connectivity index (χ0v) is 27.0. The Bertz CT molecular complexity index is 1710. The minimum Gasteiger partial charge on any atom is -0.447 e. The minimum absolute atomic E-state index is 0.0706. The third kappa shape index (κ3) is 5.19. The van der Waals surface area contributed by atoms with Gasteiger partial charge in [0.1, 0.15) is 6.61 Å². The maximum Gasteiger partial charge on any atom is 0.414 e. The smallest absolute Gasteiger partial charge is 0.414 e. The molecule has 2 saturated heterocycles. The molecule has 4 aliphatic rings. The second-order valence-electron chi connectivity index (χ2n) is 13.7. The van der Waals surface area contributed by atoms with Crippen LogP contribution in [0.4, 0.5) is 16.2 Å². The SMILES string of the molecule is C[C@H]1[C@H](C(C)(C)O)[C@@H](CC(=O)N2Cc3ccccc3C[C@H]2CO)O[C@]12C(=O)N(Cc1ccccc1)c1ccc(N3CCOC3=O)cc12. The Hall–Kier alpha value is -4.25. The second-order valence-corrected chi connectivity index (χ2v) is 13.7. The van der Waals surface area contributed by atoms with Gasteiger partial charge in [-0.2, -0.15) is 0 Å². The standard InChI is InChI=1S/C37H41N3O7/c1-23-33(36(2,3)45)31(19-32(42)39-21-26-12-8-7-11-25(26)17-28(39)22-41)47-37(23)29-18-27(38-15-16-46-35(38)44)13-14-30(29)40(34(37)43)20-24-9-5-4-6-10-24/h4-14,18,23,28,31,33,41,45H,15-17,19-22H2,1-3H3/t23-,28-,31+,33-,37+/m0/s1. The predicted molar refractivity (Wildman–Crippen MR) is 174 cm³/mol. The fraction of sp³-hybridized carbons (Fsp3) is 0.432. The van der Waals surface area contributed by atoms with Crippen LogP contribution >= 0.6 is 0 Å². The van der Waals surface area contributed by atoms with Crippen molar-refractivity contribution in [3.05, 3.63) is 95.1 Å². The average Bonchev–Trinajstić information content (AvgIpc) is 3.69. The van der Waals surface area contributed by atoms with Gasteiger partial charge in [-0.1, -0.05) is 61.5 Å². The number of amides is 3. The Kier molecular flexibility index (Phi) is 7.85. The Morgan fingerprint density at radius 1 is 1.02 bits per heavy atom. The molecule has 4 aliphatic heterocycles.